The Hall–Kier alpha value is -1.84. The lowest BCUT2D eigenvalue weighted by Crippen LogP contribution is -2.52. The smallest absolute Gasteiger partial charge is 0.331 e. The minimum Gasteiger partial charge on any atom is -0.467 e. The van der Waals surface area contributed by atoms with Crippen molar-refractivity contribution in [2.75, 3.05) is 7.11 Å². The predicted octanol–water partition coefficient (Wildman–Crippen LogP) is 3.06. The van der Waals surface area contributed by atoms with Crippen LogP contribution in [0.2, 0.25) is 0 Å². The molecule has 0 fully saturated rings. The number of hydrogen-bond acceptors (Lipinski definition) is 3. The molecule has 0 aromatic heterocycles. The summed E-state index contributed by atoms with van der Waals surface area (Å²) in [5.41, 5.74) is 0.727. The Morgan fingerprint density at radius 2 is 1.62 bits per heavy atom. The molecule has 1 aromatic rings. The molecule has 0 bridgehead atoms. The van der Waals surface area contributed by atoms with E-state index >= 15 is 0 Å². The van der Waals surface area contributed by atoms with Crippen molar-refractivity contribution in [2.24, 2.45) is 0 Å². The Morgan fingerprint density at radius 3 is 2.00 bits per heavy atom. The molecule has 0 aliphatic carbocycles. The average Bonchev–Trinajstić information content (AvgIpc) is 2.45. The maximum atomic E-state index is 12.3. The van der Waals surface area contributed by atoms with Crippen LogP contribution in [0.15, 0.2) is 24.3 Å². The Balaban J connectivity index is 2.92. The van der Waals surface area contributed by atoms with Crippen LogP contribution in [0.1, 0.15) is 57.0 Å². The van der Waals surface area contributed by atoms with Crippen molar-refractivity contribution in [2.45, 2.75) is 52.0 Å². The molecule has 0 heterocycles. The van der Waals surface area contributed by atoms with Gasteiger partial charge in [-0.2, -0.15) is 0 Å². The summed E-state index contributed by atoms with van der Waals surface area (Å²) in [6, 6.07) is 7.44. The highest BCUT2D eigenvalue weighted by Crippen LogP contribution is 2.22. The summed E-state index contributed by atoms with van der Waals surface area (Å²) in [6.45, 7) is 9.86. The largest absolute Gasteiger partial charge is 0.467 e. The van der Waals surface area contributed by atoms with Crippen molar-refractivity contribution < 1.29 is 14.3 Å². The molecule has 0 aliphatic heterocycles. The second-order valence-electron chi connectivity index (χ2n) is 6.46. The van der Waals surface area contributed by atoms with Gasteiger partial charge in [-0.05, 0) is 36.5 Å². The molecule has 0 aliphatic rings. The Bertz CT molecular complexity index is 514. The Kier molecular flexibility index (Phi) is 5.15. The van der Waals surface area contributed by atoms with Crippen molar-refractivity contribution in [3.63, 3.8) is 0 Å². The van der Waals surface area contributed by atoms with E-state index in [-0.39, 0.29) is 11.3 Å². The summed E-state index contributed by atoms with van der Waals surface area (Å²) in [5, 5.41) is 2.75. The van der Waals surface area contributed by atoms with Crippen molar-refractivity contribution >= 4 is 11.9 Å². The molecule has 0 radical (unpaired) electrons. The molecule has 0 saturated carbocycles. The summed E-state index contributed by atoms with van der Waals surface area (Å²) in [7, 11) is 1.32. The zero-order valence-corrected chi connectivity index (χ0v) is 13.7. The van der Waals surface area contributed by atoms with Gasteiger partial charge in [0, 0.05) is 5.56 Å². The first-order chi connectivity index (χ1) is 9.64. The molecule has 0 spiro atoms. The van der Waals surface area contributed by atoms with E-state index in [1.54, 1.807) is 19.1 Å². The van der Waals surface area contributed by atoms with Gasteiger partial charge in [0.25, 0.3) is 5.91 Å². The lowest BCUT2D eigenvalue weighted by molar-refractivity contribution is -0.147. The first kappa shape index (κ1) is 17.2. The number of ether oxygens (including phenoxy) is 1. The number of amides is 1. The molecule has 4 nitrogen and oxygen atoms in total. The SMILES string of the molecule is CCC(C)(NC(=O)c1ccc(C(C)(C)C)cc1)C(=O)OC. The fourth-order valence-corrected chi connectivity index (χ4v) is 1.95. The molecule has 1 N–H and O–H groups in total. The average molecular weight is 291 g/mol. The summed E-state index contributed by atoms with van der Waals surface area (Å²) in [6.07, 6.45) is 0.464. The first-order valence-corrected chi connectivity index (χ1v) is 7.15. The van der Waals surface area contributed by atoms with Gasteiger partial charge in [0.1, 0.15) is 5.54 Å². The number of rotatable bonds is 4. The van der Waals surface area contributed by atoms with Crippen LogP contribution in [0.25, 0.3) is 0 Å². The molecule has 21 heavy (non-hydrogen) atoms. The number of benzene rings is 1. The normalized spacial score (nSPS) is 14.2. The van der Waals surface area contributed by atoms with Gasteiger partial charge in [0.05, 0.1) is 7.11 Å². The molecule has 1 aromatic carbocycles. The highest BCUT2D eigenvalue weighted by molar-refractivity contribution is 5.98. The molecule has 116 valence electrons. The molecule has 0 saturated heterocycles. The number of esters is 1. The van der Waals surface area contributed by atoms with E-state index in [1.807, 2.05) is 19.1 Å². The minimum absolute atomic E-state index is 0.0406. The van der Waals surface area contributed by atoms with E-state index < -0.39 is 11.5 Å². The van der Waals surface area contributed by atoms with Crippen molar-refractivity contribution in [3.8, 4) is 0 Å². The zero-order chi connectivity index (χ0) is 16.3. The van der Waals surface area contributed by atoms with Crippen LogP contribution < -0.4 is 5.32 Å². The molecule has 1 atom stereocenters. The molecule has 1 amide bonds. The molecular weight excluding hydrogens is 266 g/mol. The molecular formula is C17H25NO3. The third kappa shape index (κ3) is 4.06. The third-order valence-electron chi connectivity index (χ3n) is 3.75. The van der Waals surface area contributed by atoms with Crippen LogP contribution >= 0.6 is 0 Å². The maximum Gasteiger partial charge on any atom is 0.331 e. The number of hydrogen-bond donors (Lipinski definition) is 1. The Labute approximate surface area is 126 Å². The number of nitrogens with one attached hydrogen (secondary N) is 1. The van der Waals surface area contributed by atoms with Crippen LogP contribution in [-0.2, 0) is 14.9 Å². The highest BCUT2D eigenvalue weighted by Gasteiger charge is 2.34. The van der Waals surface area contributed by atoms with Crippen molar-refractivity contribution in [3.05, 3.63) is 35.4 Å². The van der Waals surface area contributed by atoms with Gasteiger partial charge >= 0.3 is 5.97 Å². The van der Waals surface area contributed by atoms with Crippen LogP contribution in [0.5, 0.6) is 0 Å². The van der Waals surface area contributed by atoms with Gasteiger partial charge in [0.2, 0.25) is 0 Å². The fourth-order valence-electron chi connectivity index (χ4n) is 1.95. The van der Waals surface area contributed by atoms with E-state index in [9.17, 15) is 9.59 Å². The maximum absolute atomic E-state index is 12.3. The van der Waals surface area contributed by atoms with E-state index in [4.69, 9.17) is 4.74 Å². The topological polar surface area (TPSA) is 55.4 Å². The van der Waals surface area contributed by atoms with E-state index in [0.717, 1.165) is 5.56 Å². The second-order valence-corrected chi connectivity index (χ2v) is 6.46. The van der Waals surface area contributed by atoms with E-state index in [2.05, 4.69) is 26.1 Å². The number of methoxy groups -OCH3 is 1. The fraction of sp³-hybridized carbons (Fsp3) is 0.529. The second kappa shape index (κ2) is 6.29. The standard InChI is InChI=1S/C17H25NO3/c1-7-17(5,15(20)21-6)18-14(19)12-8-10-13(11-9-12)16(2,3)4/h8-11H,7H2,1-6H3,(H,18,19). The van der Waals surface area contributed by atoms with Gasteiger partial charge in [-0.3, -0.25) is 4.79 Å². The highest BCUT2D eigenvalue weighted by atomic mass is 16.5. The number of carbonyl (C=O) groups excluding carboxylic acids is 2. The summed E-state index contributed by atoms with van der Waals surface area (Å²) in [5.74, 6) is -0.713. The monoisotopic (exact) mass is 291 g/mol. The first-order valence-electron chi connectivity index (χ1n) is 7.15. The van der Waals surface area contributed by atoms with Crippen LogP contribution in [0.3, 0.4) is 0 Å². The lowest BCUT2D eigenvalue weighted by atomic mass is 9.86. The Morgan fingerprint density at radius 1 is 1.10 bits per heavy atom. The summed E-state index contributed by atoms with van der Waals surface area (Å²) >= 11 is 0. The zero-order valence-electron chi connectivity index (χ0n) is 13.7. The minimum atomic E-state index is -1.01. The van der Waals surface area contributed by atoms with Crippen LogP contribution in [0.4, 0.5) is 0 Å². The van der Waals surface area contributed by atoms with Gasteiger partial charge in [-0.15, -0.1) is 0 Å². The third-order valence-corrected chi connectivity index (χ3v) is 3.75. The van der Waals surface area contributed by atoms with E-state index in [0.29, 0.717) is 12.0 Å². The molecule has 4 heteroatoms. The van der Waals surface area contributed by atoms with Crippen molar-refractivity contribution in [1.29, 1.82) is 0 Å². The summed E-state index contributed by atoms with van der Waals surface area (Å²) in [4.78, 5) is 24.1. The van der Waals surface area contributed by atoms with E-state index in [1.165, 1.54) is 7.11 Å². The lowest BCUT2D eigenvalue weighted by Gasteiger charge is -2.26. The van der Waals surface area contributed by atoms with Gasteiger partial charge in [-0.25, -0.2) is 4.79 Å². The van der Waals surface area contributed by atoms with Crippen molar-refractivity contribution in [1.82, 2.24) is 5.32 Å². The molecule has 1 unspecified atom stereocenters. The quantitative estimate of drug-likeness (QED) is 0.867. The van der Waals surface area contributed by atoms with Crippen LogP contribution in [0, 0.1) is 0 Å². The van der Waals surface area contributed by atoms with Gasteiger partial charge in [0.15, 0.2) is 0 Å². The van der Waals surface area contributed by atoms with Gasteiger partial charge in [-0.1, -0.05) is 39.8 Å². The summed E-state index contributed by atoms with van der Waals surface area (Å²) < 4.78 is 4.75. The number of carbonyl (C=O) groups is 2. The van der Waals surface area contributed by atoms with Gasteiger partial charge < -0.3 is 10.1 Å². The van der Waals surface area contributed by atoms with Crippen LogP contribution in [-0.4, -0.2) is 24.5 Å². The predicted molar refractivity (Wildman–Crippen MR) is 83.3 cm³/mol. The molecule has 1 rings (SSSR count).